The van der Waals surface area contributed by atoms with Gasteiger partial charge in [0.05, 0.1) is 5.56 Å². The predicted octanol–water partition coefficient (Wildman–Crippen LogP) is 3.97. The minimum absolute atomic E-state index is 0.156. The molecule has 0 aliphatic rings. The first-order valence-corrected chi connectivity index (χ1v) is 5.42. The molecule has 0 radical (unpaired) electrons. The molecule has 0 aliphatic heterocycles. The molecule has 0 amide bonds. The molecule has 0 aliphatic carbocycles. The smallest absolute Gasteiger partial charge is 0.136 e. The lowest BCUT2D eigenvalue weighted by atomic mass is 9.99. The van der Waals surface area contributed by atoms with Gasteiger partial charge in [0.25, 0.3) is 0 Å². The topological polar surface area (TPSA) is 26.0 Å². The SMILES string of the molecule is Cc1cc(F)c(-c2c(F)ccc(C)c2F)cc1N. The number of hydrogen-bond acceptors (Lipinski definition) is 1. The first-order valence-electron chi connectivity index (χ1n) is 5.42. The fraction of sp³-hybridized carbons (Fsp3) is 0.143. The van der Waals surface area contributed by atoms with Gasteiger partial charge in [-0.05, 0) is 43.2 Å². The zero-order valence-electron chi connectivity index (χ0n) is 10.0. The Kier molecular flexibility index (Phi) is 3.03. The standard InChI is InChI=1S/C14H12F3N/c1-7-3-4-10(15)13(14(7)17)9-6-12(18)8(2)5-11(9)16/h3-6H,18H2,1-2H3. The van der Waals surface area contributed by atoms with Gasteiger partial charge in [0.1, 0.15) is 17.5 Å². The maximum absolute atomic E-state index is 13.9. The summed E-state index contributed by atoms with van der Waals surface area (Å²) in [5.41, 5.74) is 6.21. The quantitative estimate of drug-likeness (QED) is 0.762. The van der Waals surface area contributed by atoms with E-state index >= 15 is 0 Å². The van der Waals surface area contributed by atoms with Crippen LogP contribution in [0.15, 0.2) is 24.3 Å². The molecular weight excluding hydrogens is 239 g/mol. The maximum Gasteiger partial charge on any atom is 0.136 e. The third-order valence-corrected chi connectivity index (χ3v) is 2.91. The van der Waals surface area contributed by atoms with Gasteiger partial charge in [-0.15, -0.1) is 0 Å². The van der Waals surface area contributed by atoms with Gasteiger partial charge in [-0.1, -0.05) is 6.07 Å². The molecule has 0 saturated carbocycles. The molecule has 0 unspecified atom stereocenters. The van der Waals surface area contributed by atoms with Gasteiger partial charge in [0.2, 0.25) is 0 Å². The highest BCUT2D eigenvalue weighted by molar-refractivity contribution is 5.71. The highest BCUT2D eigenvalue weighted by atomic mass is 19.1. The molecule has 0 aromatic heterocycles. The number of hydrogen-bond donors (Lipinski definition) is 1. The average molecular weight is 251 g/mol. The lowest BCUT2D eigenvalue weighted by Gasteiger charge is -2.10. The van der Waals surface area contributed by atoms with Crippen molar-refractivity contribution < 1.29 is 13.2 Å². The van der Waals surface area contributed by atoms with Crippen molar-refractivity contribution in [2.45, 2.75) is 13.8 Å². The lowest BCUT2D eigenvalue weighted by molar-refractivity contribution is 0.577. The number of halogens is 3. The monoisotopic (exact) mass is 251 g/mol. The molecule has 0 fully saturated rings. The summed E-state index contributed by atoms with van der Waals surface area (Å²) in [4.78, 5) is 0. The summed E-state index contributed by atoms with van der Waals surface area (Å²) in [7, 11) is 0. The highest BCUT2D eigenvalue weighted by Crippen LogP contribution is 2.32. The van der Waals surface area contributed by atoms with Crippen molar-refractivity contribution in [3.8, 4) is 11.1 Å². The van der Waals surface area contributed by atoms with Crippen LogP contribution in [0.5, 0.6) is 0 Å². The van der Waals surface area contributed by atoms with Crippen LogP contribution in [0.1, 0.15) is 11.1 Å². The molecule has 0 spiro atoms. The second-order valence-electron chi connectivity index (χ2n) is 4.24. The minimum atomic E-state index is -0.805. The summed E-state index contributed by atoms with van der Waals surface area (Å²) in [6.07, 6.45) is 0. The molecule has 0 bridgehead atoms. The van der Waals surface area contributed by atoms with Crippen LogP contribution in [0, 0.1) is 31.3 Å². The van der Waals surface area contributed by atoms with Gasteiger partial charge < -0.3 is 5.73 Å². The van der Waals surface area contributed by atoms with Crippen LogP contribution in [0.3, 0.4) is 0 Å². The number of nitrogens with two attached hydrogens (primary N) is 1. The van der Waals surface area contributed by atoms with E-state index in [2.05, 4.69) is 0 Å². The molecule has 94 valence electrons. The molecule has 0 saturated heterocycles. The van der Waals surface area contributed by atoms with Gasteiger partial charge in [0.15, 0.2) is 0 Å². The van der Waals surface area contributed by atoms with E-state index in [-0.39, 0.29) is 16.7 Å². The van der Waals surface area contributed by atoms with Gasteiger partial charge >= 0.3 is 0 Å². The number of rotatable bonds is 1. The lowest BCUT2D eigenvalue weighted by Crippen LogP contribution is -1.99. The van der Waals surface area contributed by atoms with Gasteiger partial charge in [-0.3, -0.25) is 0 Å². The minimum Gasteiger partial charge on any atom is -0.398 e. The van der Waals surface area contributed by atoms with Crippen molar-refractivity contribution in [3.63, 3.8) is 0 Å². The van der Waals surface area contributed by atoms with Crippen molar-refractivity contribution in [3.05, 3.63) is 52.8 Å². The molecule has 2 N–H and O–H groups in total. The predicted molar refractivity (Wildman–Crippen MR) is 65.6 cm³/mol. The van der Waals surface area contributed by atoms with Crippen LogP contribution in [0.2, 0.25) is 0 Å². The van der Waals surface area contributed by atoms with Crippen LogP contribution in [-0.4, -0.2) is 0 Å². The van der Waals surface area contributed by atoms with E-state index in [0.717, 1.165) is 6.07 Å². The van der Waals surface area contributed by atoms with Gasteiger partial charge in [0, 0.05) is 11.3 Å². The molecule has 1 nitrogen and oxygen atoms in total. The Morgan fingerprint density at radius 3 is 2.22 bits per heavy atom. The Morgan fingerprint density at radius 2 is 1.56 bits per heavy atom. The summed E-state index contributed by atoms with van der Waals surface area (Å²) >= 11 is 0. The van der Waals surface area contributed by atoms with Crippen molar-refractivity contribution in [1.82, 2.24) is 0 Å². The Labute approximate surface area is 103 Å². The first-order chi connectivity index (χ1) is 8.41. The maximum atomic E-state index is 13.9. The highest BCUT2D eigenvalue weighted by Gasteiger charge is 2.18. The fourth-order valence-corrected chi connectivity index (χ4v) is 1.78. The summed E-state index contributed by atoms with van der Waals surface area (Å²) in [5, 5.41) is 0. The Balaban J connectivity index is 2.77. The van der Waals surface area contributed by atoms with Crippen molar-refractivity contribution in [1.29, 1.82) is 0 Å². The summed E-state index contributed by atoms with van der Waals surface area (Å²) in [6.45, 7) is 3.12. The Hall–Kier alpha value is -1.97. The van der Waals surface area contributed by atoms with E-state index in [1.54, 1.807) is 6.92 Å². The molecule has 2 rings (SSSR count). The zero-order chi connectivity index (χ0) is 13.4. The third-order valence-electron chi connectivity index (χ3n) is 2.91. The van der Waals surface area contributed by atoms with Crippen molar-refractivity contribution >= 4 is 5.69 Å². The van der Waals surface area contributed by atoms with Crippen LogP contribution < -0.4 is 5.73 Å². The second kappa shape index (κ2) is 4.37. The molecular formula is C14H12F3N. The van der Waals surface area contributed by atoms with Crippen molar-refractivity contribution in [2.75, 3.05) is 5.73 Å². The summed E-state index contributed by atoms with van der Waals surface area (Å²) in [5.74, 6) is -2.26. The number of benzene rings is 2. The normalized spacial score (nSPS) is 10.7. The van der Waals surface area contributed by atoms with Gasteiger partial charge in [-0.2, -0.15) is 0 Å². The van der Waals surface area contributed by atoms with Crippen LogP contribution in [0.25, 0.3) is 11.1 Å². The largest absolute Gasteiger partial charge is 0.398 e. The molecule has 0 atom stereocenters. The average Bonchev–Trinajstić information content (AvgIpc) is 2.31. The third kappa shape index (κ3) is 1.94. The Morgan fingerprint density at radius 1 is 0.889 bits per heavy atom. The number of aryl methyl sites for hydroxylation is 2. The van der Waals surface area contributed by atoms with Crippen LogP contribution >= 0.6 is 0 Å². The fourth-order valence-electron chi connectivity index (χ4n) is 1.78. The second-order valence-corrected chi connectivity index (χ2v) is 4.24. The molecule has 2 aromatic carbocycles. The molecule has 4 heteroatoms. The summed E-state index contributed by atoms with van der Waals surface area (Å²) in [6, 6.07) is 4.85. The molecule has 18 heavy (non-hydrogen) atoms. The van der Waals surface area contributed by atoms with E-state index in [9.17, 15) is 13.2 Å². The van der Waals surface area contributed by atoms with E-state index in [4.69, 9.17) is 5.73 Å². The van der Waals surface area contributed by atoms with E-state index in [1.165, 1.54) is 25.1 Å². The molecule has 0 heterocycles. The van der Waals surface area contributed by atoms with Crippen LogP contribution in [-0.2, 0) is 0 Å². The first kappa shape index (κ1) is 12.5. The summed E-state index contributed by atoms with van der Waals surface area (Å²) < 4.78 is 41.4. The van der Waals surface area contributed by atoms with E-state index in [1.807, 2.05) is 0 Å². The Bertz CT molecular complexity index is 621. The number of nitrogen functional groups attached to an aromatic ring is 1. The molecule has 2 aromatic rings. The van der Waals surface area contributed by atoms with Crippen molar-refractivity contribution in [2.24, 2.45) is 0 Å². The zero-order valence-corrected chi connectivity index (χ0v) is 10.0. The van der Waals surface area contributed by atoms with E-state index in [0.29, 0.717) is 11.3 Å². The van der Waals surface area contributed by atoms with Crippen LogP contribution in [0.4, 0.5) is 18.9 Å². The van der Waals surface area contributed by atoms with Gasteiger partial charge in [-0.25, -0.2) is 13.2 Å². The number of anilines is 1. The van der Waals surface area contributed by atoms with E-state index < -0.39 is 17.5 Å².